The van der Waals surface area contributed by atoms with Crippen molar-refractivity contribution in [3.63, 3.8) is 0 Å². The van der Waals surface area contributed by atoms with E-state index in [9.17, 15) is 9.59 Å². The molecule has 7 heteroatoms. The highest BCUT2D eigenvalue weighted by Crippen LogP contribution is 2.31. The number of carbonyl (C=O) groups is 2. The van der Waals surface area contributed by atoms with Crippen molar-refractivity contribution in [1.82, 2.24) is 9.97 Å². The SMILES string of the molecule is CC(=O)c1cccc(NC(=O)C(C)Sc2ncnc3ccsc23)c1. The van der Waals surface area contributed by atoms with E-state index < -0.39 is 0 Å². The van der Waals surface area contributed by atoms with Gasteiger partial charge in [0.25, 0.3) is 0 Å². The van der Waals surface area contributed by atoms with Crippen LogP contribution in [0.5, 0.6) is 0 Å². The van der Waals surface area contributed by atoms with E-state index in [0.717, 1.165) is 15.2 Å². The number of ketones is 1. The number of nitrogens with one attached hydrogen (secondary N) is 1. The van der Waals surface area contributed by atoms with Crippen LogP contribution in [0.4, 0.5) is 5.69 Å². The number of amides is 1. The van der Waals surface area contributed by atoms with Crippen LogP contribution in [0.3, 0.4) is 0 Å². The Labute approximate surface area is 147 Å². The topological polar surface area (TPSA) is 72.0 Å². The highest BCUT2D eigenvalue weighted by atomic mass is 32.2. The summed E-state index contributed by atoms with van der Waals surface area (Å²) in [5.74, 6) is -0.168. The van der Waals surface area contributed by atoms with Gasteiger partial charge in [-0.25, -0.2) is 9.97 Å². The molecule has 0 radical (unpaired) electrons. The van der Waals surface area contributed by atoms with E-state index in [-0.39, 0.29) is 16.9 Å². The maximum atomic E-state index is 12.4. The van der Waals surface area contributed by atoms with E-state index in [0.29, 0.717) is 11.3 Å². The zero-order valence-corrected chi connectivity index (χ0v) is 14.8. The summed E-state index contributed by atoms with van der Waals surface area (Å²) in [6, 6.07) is 8.86. The first-order valence-electron chi connectivity index (χ1n) is 7.31. The van der Waals surface area contributed by atoms with Gasteiger partial charge in [-0.1, -0.05) is 23.9 Å². The van der Waals surface area contributed by atoms with Gasteiger partial charge in [0, 0.05) is 11.3 Å². The Kier molecular flexibility index (Phi) is 4.92. The fourth-order valence-electron chi connectivity index (χ4n) is 2.13. The van der Waals surface area contributed by atoms with Gasteiger partial charge in [0.1, 0.15) is 11.4 Å². The molecule has 24 heavy (non-hydrogen) atoms. The van der Waals surface area contributed by atoms with Crippen LogP contribution in [0.2, 0.25) is 0 Å². The summed E-state index contributed by atoms with van der Waals surface area (Å²) in [4.78, 5) is 32.3. The Balaban J connectivity index is 1.72. The van der Waals surface area contributed by atoms with Gasteiger partial charge < -0.3 is 5.32 Å². The van der Waals surface area contributed by atoms with Gasteiger partial charge in [-0.05, 0) is 37.4 Å². The maximum absolute atomic E-state index is 12.4. The number of thiophene rings is 1. The van der Waals surface area contributed by atoms with Gasteiger partial charge in [-0.2, -0.15) is 0 Å². The Morgan fingerprint density at radius 2 is 2.08 bits per heavy atom. The molecule has 0 saturated heterocycles. The van der Waals surface area contributed by atoms with Crippen LogP contribution in [-0.4, -0.2) is 26.9 Å². The Bertz CT molecular complexity index is 907. The second-order valence-corrected chi connectivity index (χ2v) is 7.45. The van der Waals surface area contributed by atoms with Gasteiger partial charge in [-0.3, -0.25) is 9.59 Å². The second-order valence-electron chi connectivity index (χ2n) is 5.20. The molecule has 0 spiro atoms. The molecule has 1 atom stereocenters. The van der Waals surface area contributed by atoms with Crippen molar-refractivity contribution in [2.75, 3.05) is 5.32 Å². The van der Waals surface area contributed by atoms with Crippen LogP contribution in [0, 0.1) is 0 Å². The lowest BCUT2D eigenvalue weighted by atomic mass is 10.1. The monoisotopic (exact) mass is 357 g/mol. The third-order valence-electron chi connectivity index (χ3n) is 3.40. The lowest BCUT2D eigenvalue weighted by molar-refractivity contribution is -0.115. The predicted molar refractivity (Wildman–Crippen MR) is 97.8 cm³/mol. The summed E-state index contributed by atoms with van der Waals surface area (Å²) in [5, 5.41) is 5.28. The van der Waals surface area contributed by atoms with Crippen molar-refractivity contribution in [2.24, 2.45) is 0 Å². The highest BCUT2D eigenvalue weighted by molar-refractivity contribution is 8.00. The van der Waals surface area contributed by atoms with Crippen LogP contribution in [0.1, 0.15) is 24.2 Å². The molecule has 0 aliphatic rings. The number of nitrogens with zero attached hydrogens (tertiary/aromatic N) is 2. The van der Waals surface area contributed by atoms with Gasteiger partial charge in [-0.15, -0.1) is 11.3 Å². The molecular weight excluding hydrogens is 342 g/mol. The van der Waals surface area contributed by atoms with E-state index in [1.54, 1.807) is 35.6 Å². The smallest absolute Gasteiger partial charge is 0.237 e. The number of thioether (sulfide) groups is 1. The molecule has 0 saturated carbocycles. The average molecular weight is 357 g/mol. The lowest BCUT2D eigenvalue weighted by Crippen LogP contribution is -2.22. The van der Waals surface area contributed by atoms with Crippen molar-refractivity contribution in [1.29, 1.82) is 0 Å². The van der Waals surface area contributed by atoms with Gasteiger partial charge in [0.05, 0.1) is 15.5 Å². The summed E-state index contributed by atoms with van der Waals surface area (Å²) >= 11 is 2.96. The molecule has 1 amide bonds. The summed E-state index contributed by atoms with van der Waals surface area (Å²) in [5.41, 5.74) is 2.08. The van der Waals surface area contributed by atoms with Gasteiger partial charge in [0.2, 0.25) is 5.91 Å². The number of hydrogen-bond acceptors (Lipinski definition) is 6. The van der Waals surface area contributed by atoms with E-state index >= 15 is 0 Å². The lowest BCUT2D eigenvalue weighted by Gasteiger charge is -2.12. The Morgan fingerprint density at radius 3 is 2.88 bits per heavy atom. The first kappa shape index (κ1) is 16.6. The normalized spacial score (nSPS) is 12.1. The van der Waals surface area contributed by atoms with Crippen molar-refractivity contribution >= 4 is 50.7 Å². The number of anilines is 1. The molecule has 1 unspecified atom stereocenters. The molecule has 0 aliphatic carbocycles. The first-order valence-corrected chi connectivity index (χ1v) is 9.07. The van der Waals surface area contributed by atoms with Gasteiger partial charge in [0.15, 0.2) is 5.78 Å². The maximum Gasteiger partial charge on any atom is 0.237 e. The van der Waals surface area contributed by atoms with E-state index in [2.05, 4.69) is 15.3 Å². The van der Waals surface area contributed by atoms with E-state index in [4.69, 9.17) is 0 Å². The molecule has 0 fully saturated rings. The van der Waals surface area contributed by atoms with Crippen molar-refractivity contribution in [3.8, 4) is 0 Å². The third kappa shape index (κ3) is 3.63. The summed E-state index contributed by atoms with van der Waals surface area (Å²) in [7, 11) is 0. The molecule has 5 nitrogen and oxygen atoms in total. The number of aromatic nitrogens is 2. The molecule has 3 rings (SSSR count). The molecule has 0 aliphatic heterocycles. The van der Waals surface area contributed by atoms with Crippen LogP contribution >= 0.6 is 23.1 Å². The minimum Gasteiger partial charge on any atom is -0.325 e. The van der Waals surface area contributed by atoms with Crippen LogP contribution in [-0.2, 0) is 4.79 Å². The standard InChI is InChI=1S/C17H15N3O2S2/c1-10(21)12-4-3-5-13(8-12)20-16(22)11(2)24-17-15-14(6-7-23-15)18-9-19-17/h3-9,11H,1-2H3,(H,20,22). The summed E-state index contributed by atoms with van der Waals surface area (Å²) in [6.07, 6.45) is 1.51. The molecule has 2 heterocycles. The number of rotatable bonds is 5. The van der Waals surface area contributed by atoms with E-state index in [1.807, 2.05) is 18.4 Å². The Morgan fingerprint density at radius 1 is 1.25 bits per heavy atom. The minimum absolute atomic E-state index is 0.0328. The molecule has 0 bridgehead atoms. The fraction of sp³-hybridized carbons (Fsp3) is 0.176. The number of Topliss-reactive ketones (excluding diaryl/α,β-unsaturated/α-hetero) is 1. The molecule has 1 N–H and O–H groups in total. The van der Waals surface area contributed by atoms with Gasteiger partial charge >= 0.3 is 0 Å². The van der Waals surface area contributed by atoms with Crippen LogP contribution in [0.15, 0.2) is 47.1 Å². The van der Waals surface area contributed by atoms with Crippen molar-refractivity contribution in [2.45, 2.75) is 24.1 Å². The van der Waals surface area contributed by atoms with Crippen molar-refractivity contribution < 1.29 is 9.59 Å². The fourth-order valence-corrected chi connectivity index (χ4v) is 3.97. The average Bonchev–Trinajstić information content (AvgIpc) is 3.04. The number of benzene rings is 1. The number of carbonyl (C=O) groups excluding carboxylic acids is 2. The molecule has 3 aromatic rings. The molecule has 1 aromatic carbocycles. The number of fused-ring (bicyclic) bond motifs is 1. The first-order chi connectivity index (χ1) is 11.5. The summed E-state index contributed by atoms with van der Waals surface area (Å²) in [6.45, 7) is 3.33. The molecule has 2 aromatic heterocycles. The zero-order chi connectivity index (χ0) is 17.1. The molecule has 122 valence electrons. The highest BCUT2D eigenvalue weighted by Gasteiger charge is 2.18. The van der Waals surface area contributed by atoms with Crippen LogP contribution < -0.4 is 5.32 Å². The zero-order valence-electron chi connectivity index (χ0n) is 13.1. The van der Waals surface area contributed by atoms with E-state index in [1.165, 1.54) is 25.0 Å². The molecular formula is C17H15N3O2S2. The second kappa shape index (κ2) is 7.11. The summed E-state index contributed by atoms with van der Waals surface area (Å²) < 4.78 is 0.987. The predicted octanol–water partition coefficient (Wildman–Crippen LogP) is 4.01. The van der Waals surface area contributed by atoms with Crippen molar-refractivity contribution in [3.05, 3.63) is 47.6 Å². The largest absolute Gasteiger partial charge is 0.325 e. The Hall–Kier alpha value is -2.25. The quantitative estimate of drug-likeness (QED) is 0.424. The third-order valence-corrected chi connectivity index (χ3v) is 5.54. The minimum atomic E-state index is -0.328. The number of hydrogen-bond donors (Lipinski definition) is 1. The van der Waals surface area contributed by atoms with Crippen LogP contribution in [0.25, 0.3) is 10.2 Å².